The molecule has 0 aromatic heterocycles. The summed E-state index contributed by atoms with van der Waals surface area (Å²) in [6, 6.07) is 1.62. The van der Waals surface area contributed by atoms with Crippen LogP contribution in [0.3, 0.4) is 0 Å². The highest BCUT2D eigenvalue weighted by Gasteiger charge is 2.32. The van der Waals surface area contributed by atoms with Gasteiger partial charge in [-0.25, -0.2) is 0 Å². The molecule has 0 radical (unpaired) electrons. The third-order valence-corrected chi connectivity index (χ3v) is 3.10. The topological polar surface area (TPSA) is 3.24 Å². The minimum atomic E-state index is 0.767. The molecule has 2 heterocycles. The van der Waals surface area contributed by atoms with Crippen LogP contribution in [0.5, 0.6) is 0 Å². The molecule has 0 N–H and O–H groups in total. The van der Waals surface area contributed by atoms with Crippen LogP contribution in [0.25, 0.3) is 0 Å². The highest BCUT2D eigenvalue weighted by molar-refractivity contribution is 5.07. The van der Waals surface area contributed by atoms with Crippen LogP contribution >= 0.6 is 0 Å². The Balaban J connectivity index is 2.10. The van der Waals surface area contributed by atoms with E-state index in [1.807, 2.05) is 0 Å². The van der Waals surface area contributed by atoms with Gasteiger partial charge in [-0.3, -0.25) is 4.90 Å². The van der Waals surface area contributed by atoms with Crippen molar-refractivity contribution in [3.05, 3.63) is 12.2 Å². The fraction of sp³-hybridized carbons (Fsp3) is 0.800. The highest BCUT2D eigenvalue weighted by Crippen LogP contribution is 2.32. The molecule has 2 fully saturated rings. The van der Waals surface area contributed by atoms with Crippen LogP contribution in [0.1, 0.15) is 32.6 Å². The molecule has 2 saturated heterocycles. The first-order valence-corrected chi connectivity index (χ1v) is 4.70. The second kappa shape index (κ2) is 2.63. The van der Waals surface area contributed by atoms with Crippen molar-refractivity contribution < 1.29 is 0 Å². The Kier molecular flexibility index (Phi) is 1.76. The second-order valence-corrected chi connectivity index (χ2v) is 4.04. The zero-order valence-electron chi connectivity index (χ0n) is 7.34. The van der Waals surface area contributed by atoms with Crippen LogP contribution in [-0.4, -0.2) is 23.5 Å². The van der Waals surface area contributed by atoms with E-state index >= 15 is 0 Å². The summed E-state index contributed by atoms with van der Waals surface area (Å²) in [5, 5.41) is 0. The highest BCUT2D eigenvalue weighted by atomic mass is 15.2. The first-order valence-electron chi connectivity index (χ1n) is 4.70. The van der Waals surface area contributed by atoms with Crippen molar-refractivity contribution in [3.8, 4) is 0 Å². The van der Waals surface area contributed by atoms with Crippen molar-refractivity contribution in [1.29, 1.82) is 0 Å². The van der Waals surface area contributed by atoms with E-state index in [1.165, 1.54) is 37.8 Å². The van der Waals surface area contributed by atoms with Gasteiger partial charge in [0.1, 0.15) is 0 Å². The summed E-state index contributed by atoms with van der Waals surface area (Å²) in [5.41, 5.74) is 1.47. The first kappa shape index (κ1) is 7.35. The van der Waals surface area contributed by atoms with Gasteiger partial charge in [0.15, 0.2) is 0 Å². The van der Waals surface area contributed by atoms with Crippen molar-refractivity contribution in [2.24, 2.45) is 0 Å². The molecule has 1 nitrogen and oxygen atoms in total. The van der Waals surface area contributed by atoms with Crippen molar-refractivity contribution in [2.75, 3.05) is 6.54 Å². The minimum absolute atomic E-state index is 0.767. The predicted molar refractivity (Wildman–Crippen MR) is 47.6 cm³/mol. The summed E-state index contributed by atoms with van der Waals surface area (Å²) in [5.74, 6) is 0. The maximum absolute atomic E-state index is 4.10. The van der Waals surface area contributed by atoms with Gasteiger partial charge in [0.2, 0.25) is 0 Å². The Labute approximate surface area is 69.1 Å². The van der Waals surface area contributed by atoms with E-state index in [1.54, 1.807) is 0 Å². The number of nitrogens with zero attached hydrogens (tertiary/aromatic N) is 1. The average Bonchev–Trinajstić information content (AvgIpc) is 2.34. The second-order valence-electron chi connectivity index (χ2n) is 4.04. The molecule has 11 heavy (non-hydrogen) atoms. The van der Waals surface area contributed by atoms with E-state index in [4.69, 9.17) is 0 Å². The predicted octanol–water partition coefficient (Wildman–Crippen LogP) is 2.19. The summed E-state index contributed by atoms with van der Waals surface area (Å²) >= 11 is 0. The zero-order chi connectivity index (χ0) is 7.84. The molecule has 0 aromatic rings. The normalized spacial score (nSPS) is 39.2. The monoisotopic (exact) mass is 151 g/mol. The fourth-order valence-corrected chi connectivity index (χ4v) is 2.61. The lowest BCUT2D eigenvalue weighted by Gasteiger charge is -2.36. The summed E-state index contributed by atoms with van der Waals surface area (Å²) < 4.78 is 0. The third kappa shape index (κ3) is 1.22. The molecule has 0 aliphatic carbocycles. The van der Waals surface area contributed by atoms with E-state index in [9.17, 15) is 0 Å². The number of hydrogen-bond donors (Lipinski definition) is 0. The first-order chi connectivity index (χ1) is 5.27. The quantitative estimate of drug-likeness (QED) is 0.480. The van der Waals surface area contributed by atoms with Crippen molar-refractivity contribution in [3.63, 3.8) is 0 Å². The summed E-state index contributed by atoms with van der Waals surface area (Å²) in [4.78, 5) is 2.66. The standard InChI is InChI=1S/C10H17N/c1-8-6-9(2)11-5-3-4-10(11)7-8/h9-10H,1,3-7H2,2H3. The molecule has 2 aliphatic rings. The van der Waals surface area contributed by atoms with Gasteiger partial charge in [-0.1, -0.05) is 12.2 Å². The van der Waals surface area contributed by atoms with Crippen LogP contribution in [0.4, 0.5) is 0 Å². The van der Waals surface area contributed by atoms with Crippen molar-refractivity contribution >= 4 is 0 Å². The van der Waals surface area contributed by atoms with E-state index in [0.29, 0.717) is 0 Å². The molecule has 2 aliphatic heterocycles. The van der Waals surface area contributed by atoms with Crippen LogP contribution in [0, 0.1) is 0 Å². The maximum atomic E-state index is 4.10. The van der Waals surface area contributed by atoms with Gasteiger partial charge in [0, 0.05) is 12.1 Å². The number of rotatable bonds is 0. The molecule has 0 aromatic carbocycles. The van der Waals surface area contributed by atoms with Gasteiger partial charge >= 0.3 is 0 Å². The van der Waals surface area contributed by atoms with E-state index < -0.39 is 0 Å². The zero-order valence-corrected chi connectivity index (χ0v) is 7.34. The summed E-state index contributed by atoms with van der Waals surface area (Å²) in [6.45, 7) is 7.77. The lowest BCUT2D eigenvalue weighted by atomic mass is 9.94. The van der Waals surface area contributed by atoms with Gasteiger partial charge in [-0.15, -0.1) is 0 Å². The van der Waals surface area contributed by atoms with E-state index in [-0.39, 0.29) is 0 Å². The van der Waals surface area contributed by atoms with Crippen molar-refractivity contribution in [2.45, 2.75) is 44.7 Å². The molecule has 0 saturated carbocycles. The molecule has 1 heteroatoms. The minimum Gasteiger partial charge on any atom is -0.297 e. The number of piperidine rings is 1. The smallest absolute Gasteiger partial charge is 0.0136 e. The van der Waals surface area contributed by atoms with Crippen LogP contribution < -0.4 is 0 Å². The Morgan fingerprint density at radius 2 is 2.27 bits per heavy atom. The Bertz CT molecular complexity index is 174. The number of hydrogen-bond acceptors (Lipinski definition) is 1. The number of fused-ring (bicyclic) bond motifs is 1. The Morgan fingerprint density at radius 3 is 3.09 bits per heavy atom. The molecule has 62 valence electrons. The SMILES string of the molecule is C=C1CC(C)N2CCCC2C1. The van der Waals surface area contributed by atoms with Gasteiger partial charge in [0.25, 0.3) is 0 Å². The van der Waals surface area contributed by atoms with Gasteiger partial charge in [-0.05, 0) is 39.2 Å². The van der Waals surface area contributed by atoms with Crippen molar-refractivity contribution in [1.82, 2.24) is 4.90 Å². The summed E-state index contributed by atoms with van der Waals surface area (Å²) in [7, 11) is 0. The van der Waals surface area contributed by atoms with Gasteiger partial charge < -0.3 is 0 Å². The van der Waals surface area contributed by atoms with Crippen LogP contribution in [0.15, 0.2) is 12.2 Å². The Hall–Kier alpha value is -0.300. The summed E-state index contributed by atoms with van der Waals surface area (Å²) in [6.07, 6.45) is 5.31. The average molecular weight is 151 g/mol. The van der Waals surface area contributed by atoms with E-state index in [0.717, 1.165) is 12.1 Å². The van der Waals surface area contributed by atoms with Gasteiger partial charge in [0.05, 0.1) is 0 Å². The van der Waals surface area contributed by atoms with Crippen LogP contribution in [0.2, 0.25) is 0 Å². The lowest BCUT2D eigenvalue weighted by molar-refractivity contribution is 0.163. The molecular weight excluding hydrogens is 134 g/mol. The molecular formula is C10H17N. The molecule has 2 rings (SSSR count). The third-order valence-electron chi connectivity index (χ3n) is 3.10. The van der Waals surface area contributed by atoms with E-state index in [2.05, 4.69) is 18.4 Å². The molecule has 2 atom stereocenters. The van der Waals surface area contributed by atoms with Gasteiger partial charge in [-0.2, -0.15) is 0 Å². The largest absolute Gasteiger partial charge is 0.297 e. The maximum Gasteiger partial charge on any atom is 0.0136 e. The molecule has 0 amide bonds. The Morgan fingerprint density at radius 1 is 1.45 bits per heavy atom. The molecule has 0 spiro atoms. The van der Waals surface area contributed by atoms with Crippen LogP contribution in [-0.2, 0) is 0 Å². The molecule has 0 bridgehead atoms. The molecule has 2 unspecified atom stereocenters. The lowest BCUT2D eigenvalue weighted by Crippen LogP contribution is -2.41. The fourth-order valence-electron chi connectivity index (χ4n) is 2.61.